The van der Waals surface area contributed by atoms with Crippen molar-refractivity contribution in [2.75, 3.05) is 0 Å². The lowest BCUT2D eigenvalue weighted by atomic mass is 9.67. The third kappa shape index (κ3) is 4.52. The predicted octanol–water partition coefficient (Wildman–Crippen LogP) is 9.81. The van der Waals surface area contributed by atoms with Crippen LogP contribution in [0.2, 0.25) is 0 Å². The molecule has 0 saturated carbocycles. The summed E-state index contributed by atoms with van der Waals surface area (Å²) in [5.41, 5.74) is 12.3. The first-order valence-electron chi connectivity index (χ1n) is 14.1. The van der Waals surface area contributed by atoms with Gasteiger partial charge in [0.25, 0.3) is 0 Å². The van der Waals surface area contributed by atoms with Crippen LogP contribution >= 0.6 is 25.3 Å². The Morgan fingerprint density at radius 3 is 1.24 bits per heavy atom. The van der Waals surface area contributed by atoms with Gasteiger partial charge in [0.1, 0.15) is 0 Å². The molecule has 2 heteroatoms. The van der Waals surface area contributed by atoms with Crippen LogP contribution in [0.1, 0.15) is 44.5 Å². The van der Waals surface area contributed by atoms with Gasteiger partial charge in [0.05, 0.1) is 5.41 Å². The van der Waals surface area contributed by atoms with Crippen molar-refractivity contribution < 1.29 is 0 Å². The normalized spacial score (nSPS) is 13.0. The Bertz CT molecular complexity index is 1720. The third-order valence-corrected chi connectivity index (χ3v) is 9.32. The second-order valence-electron chi connectivity index (χ2n) is 10.9. The van der Waals surface area contributed by atoms with Crippen LogP contribution < -0.4 is 0 Å². The largest absolute Gasteiger partial charge is 0.143 e. The molecule has 0 N–H and O–H groups in total. The first-order chi connectivity index (χ1) is 20.1. The lowest BCUT2D eigenvalue weighted by Gasteiger charge is -2.35. The quantitative estimate of drug-likeness (QED) is 0.185. The monoisotopic (exact) mass is 562 g/mol. The summed E-state index contributed by atoms with van der Waals surface area (Å²) in [6.07, 6.45) is 1.67. The lowest BCUT2D eigenvalue weighted by molar-refractivity contribution is 0.761. The van der Waals surface area contributed by atoms with Gasteiger partial charge in [-0.15, -0.1) is 25.3 Å². The van der Waals surface area contributed by atoms with E-state index in [1.54, 1.807) is 0 Å². The molecule has 0 unspecified atom stereocenters. The van der Waals surface area contributed by atoms with E-state index in [9.17, 15) is 0 Å². The number of thiol groups is 2. The molecular formula is C39H30S2. The van der Waals surface area contributed by atoms with Crippen molar-refractivity contribution in [1.29, 1.82) is 0 Å². The molecule has 0 aromatic heterocycles. The Labute approximate surface area is 253 Å². The van der Waals surface area contributed by atoms with Crippen LogP contribution in [-0.4, -0.2) is 0 Å². The fourth-order valence-electron chi connectivity index (χ4n) is 6.58. The predicted molar refractivity (Wildman–Crippen MR) is 177 cm³/mol. The van der Waals surface area contributed by atoms with Crippen LogP contribution in [0.5, 0.6) is 0 Å². The fourth-order valence-corrected chi connectivity index (χ4v) is 7.01. The second-order valence-corrected chi connectivity index (χ2v) is 11.8. The molecular weight excluding hydrogens is 533 g/mol. The van der Waals surface area contributed by atoms with Gasteiger partial charge in [0.15, 0.2) is 0 Å². The molecule has 6 aromatic carbocycles. The van der Waals surface area contributed by atoms with Crippen LogP contribution in [0.3, 0.4) is 0 Å². The highest BCUT2D eigenvalue weighted by molar-refractivity contribution is 7.80. The van der Waals surface area contributed by atoms with E-state index < -0.39 is 5.41 Å². The van der Waals surface area contributed by atoms with Crippen LogP contribution in [0.25, 0.3) is 11.1 Å². The number of rotatable bonds is 6. The maximum Gasteiger partial charge on any atom is 0.0713 e. The minimum absolute atomic E-state index is 0.465. The molecule has 0 nitrogen and oxygen atoms in total. The van der Waals surface area contributed by atoms with Crippen LogP contribution in [-0.2, 0) is 18.3 Å². The van der Waals surface area contributed by atoms with Gasteiger partial charge in [-0.25, -0.2) is 0 Å². The van der Waals surface area contributed by atoms with Crippen molar-refractivity contribution >= 4 is 25.3 Å². The summed E-state index contributed by atoms with van der Waals surface area (Å²) >= 11 is 9.84. The topological polar surface area (TPSA) is 0 Å². The SMILES string of the molecule is Sc1ccc(C2(c3ccc(S)c(Cc4ccccc4)c3)c3ccccc3-c3ccccc32)cc1Cc1ccccc1. The van der Waals surface area contributed by atoms with Crippen molar-refractivity contribution in [2.24, 2.45) is 0 Å². The third-order valence-electron chi connectivity index (χ3n) is 8.45. The van der Waals surface area contributed by atoms with Crippen LogP contribution in [0.15, 0.2) is 155 Å². The fraction of sp³-hybridized carbons (Fsp3) is 0.0769. The zero-order chi connectivity index (χ0) is 27.8. The summed E-state index contributed by atoms with van der Waals surface area (Å²) in [6, 6.07) is 52.9. The zero-order valence-corrected chi connectivity index (χ0v) is 24.5. The van der Waals surface area contributed by atoms with Gasteiger partial charge in [-0.3, -0.25) is 0 Å². The van der Waals surface area contributed by atoms with Gasteiger partial charge in [-0.1, -0.05) is 133 Å². The molecule has 0 amide bonds. The van der Waals surface area contributed by atoms with Crippen molar-refractivity contribution in [3.8, 4) is 11.1 Å². The summed E-state index contributed by atoms with van der Waals surface area (Å²) in [5.74, 6) is 0. The molecule has 198 valence electrons. The second kappa shape index (κ2) is 10.8. The average Bonchev–Trinajstić information content (AvgIpc) is 3.32. The van der Waals surface area contributed by atoms with E-state index in [1.807, 2.05) is 0 Å². The Kier molecular flexibility index (Phi) is 6.82. The first kappa shape index (κ1) is 26.0. The van der Waals surface area contributed by atoms with E-state index in [4.69, 9.17) is 25.3 Å². The smallest absolute Gasteiger partial charge is 0.0713 e. The summed E-state index contributed by atoms with van der Waals surface area (Å²) in [5, 5.41) is 0. The number of hydrogen-bond acceptors (Lipinski definition) is 2. The van der Waals surface area contributed by atoms with E-state index >= 15 is 0 Å². The molecule has 0 aliphatic heterocycles. The molecule has 0 bridgehead atoms. The van der Waals surface area contributed by atoms with Crippen LogP contribution in [0.4, 0.5) is 0 Å². The molecule has 0 heterocycles. The summed E-state index contributed by atoms with van der Waals surface area (Å²) in [7, 11) is 0. The zero-order valence-electron chi connectivity index (χ0n) is 22.7. The van der Waals surface area contributed by atoms with Gasteiger partial charge >= 0.3 is 0 Å². The van der Waals surface area contributed by atoms with Crippen molar-refractivity contribution in [3.05, 3.63) is 190 Å². The number of fused-ring (bicyclic) bond motifs is 3. The molecule has 6 aromatic rings. The molecule has 0 atom stereocenters. The summed E-state index contributed by atoms with van der Waals surface area (Å²) in [4.78, 5) is 2.03. The Morgan fingerprint density at radius 2 is 0.805 bits per heavy atom. The Balaban J connectivity index is 1.49. The van der Waals surface area contributed by atoms with E-state index in [0.29, 0.717) is 0 Å². The molecule has 7 rings (SSSR count). The standard InChI is InChI=1S/C39H30S2/c40-37-21-19-31(25-29(37)23-27-11-3-1-4-12-27)39(35-17-9-7-15-33(35)34-16-8-10-18-36(34)39)32-20-22-38(41)30(26-32)24-28-13-5-2-6-14-28/h1-22,25-26,40-41H,23-24H2. The molecule has 0 spiro atoms. The molecule has 0 fully saturated rings. The summed E-state index contributed by atoms with van der Waals surface area (Å²) in [6.45, 7) is 0. The average molecular weight is 563 g/mol. The van der Waals surface area contributed by atoms with Gasteiger partial charge in [-0.05, 0) is 80.6 Å². The molecule has 0 saturated heterocycles. The Morgan fingerprint density at radius 1 is 0.415 bits per heavy atom. The highest BCUT2D eigenvalue weighted by Gasteiger charge is 2.46. The van der Waals surface area contributed by atoms with Gasteiger partial charge in [0, 0.05) is 9.79 Å². The van der Waals surface area contributed by atoms with Crippen molar-refractivity contribution in [2.45, 2.75) is 28.0 Å². The highest BCUT2D eigenvalue weighted by atomic mass is 32.1. The summed E-state index contributed by atoms with van der Waals surface area (Å²) < 4.78 is 0. The Hall–Kier alpha value is -3.98. The van der Waals surface area contributed by atoms with E-state index in [-0.39, 0.29) is 0 Å². The lowest BCUT2D eigenvalue weighted by Crippen LogP contribution is -2.29. The number of benzene rings is 6. The molecule has 1 aliphatic carbocycles. The van der Waals surface area contributed by atoms with E-state index in [0.717, 1.165) is 22.6 Å². The molecule has 0 radical (unpaired) electrons. The van der Waals surface area contributed by atoms with Gasteiger partial charge in [-0.2, -0.15) is 0 Å². The minimum atomic E-state index is -0.465. The van der Waals surface area contributed by atoms with Crippen molar-refractivity contribution in [3.63, 3.8) is 0 Å². The molecule has 41 heavy (non-hydrogen) atoms. The van der Waals surface area contributed by atoms with Crippen LogP contribution in [0, 0.1) is 0 Å². The van der Waals surface area contributed by atoms with Crippen molar-refractivity contribution in [1.82, 2.24) is 0 Å². The number of hydrogen-bond donors (Lipinski definition) is 2. The van der Waals surface area contributed by atoms with Gasteiger partial charge < -0.3 is 0 Å². The maximum absolute atomic E-state index is 4.92. The maximum atomic E-state index is 4.92. The highest BCUT2D eigenvalue weighted by Crippen LogP contribution is 2.56. The molecule has 1 aliphatic rings. The minimum Gasteiger partial charge on any atom is -0.143 e. The first-order valence-corrected chi connectivity index (χ1v) is 15.0. The van der Waals surface area contributed by atoms with E-state index in [2.05, 4.69) is 146 Å². The van der Waals surface area contributed by atoms with E-state index in [1.165, 1.54) is 55.6 Å². The van der Waals surface area contributed by atoms with Gasteiger partial charge in [0.2, 0.25) is 0 Å².